The van der Waals surface area contributed by atoms with Crippen molar-refractivity contribution in [3.63, 3.8) is 0 Å². The number of hydrogen-bond acceptors (Lipinski definition) is 8. The van der Waals surface area contributed by atoms with Crippen LogP contribution in [0.4, 0.5) is 0 Å². The molecule has 0 unspecified atom stereocenters. The van der Waals surface area contributed by atoms with Gasteiger partial charge in [0, 0.05) is 32.5 Å². The maximum absolute atomic E-state index is 11.4. The van der Waals surface area contributed by atoms with E-state index in [9.17, 15) is 26.4 Å². The number of sulfonamides is 1. The van der Waals surface area contributed by atoms with Crippen LogP contribution in [-0.4, -0.2) is 41.6 Å². The molecule has 2 N–H and O–H groups in total. The third-order valence-corrected chi connectivity index (χ3v) is 8.02. The zero-order valence-corrected chi connectivity index (χ0v) is 25.5. The number of carbonyl (C=O) groups excluding carboxylic acids is 2. The Morgan fingerprint density at radius 3 is 1.47 bits per heavy atom. The van der Waals surface area contributed by atoms with Gasteiger partial charge in [-0.15, -0.1) is 0 Å². The molecule has 36 heavy (non-hydrogen) atoms. The summed E-state index contributed by atoms with van der Waals surface area (Å²) in [7, 11) is -2.42. The van der Waals surface area contributed by atoms with Crippen molar-refractivity contribution in [2.75, 3.05) is 13.2 Å². The Kier molecular flexibility index (Phi) is 12.5. The molecule has 0 bridgehead atoms. The zero-order valence-electron chi connectivity index (χ0n) is 19.9. The van der Waals surface area contributed by atoms with Crippen molar-refractivity contribution in [1.29, 1.82) is 0 Å². The van der Waals surface area contributed by atoms with E-state index in [2.05, 4.69) is 31.9 Å². The Morgan fingerprint density at radius 2 is 1.17 bits per heavy atom. The lowest BCUT2D eigenvalue weighted by Gasteiger charge is -2.12. The van der Waals surface area contributed by atoms with Crippen LogP contribution >= 0.6 is 42.5 Å². The molecule has 0 atom stereocenters. The maximum atomic E-state index is 11.4. The van der Waals surface area contributed by atoms with Gasteiger partial charge in [-0.1, -0.05) is 31.9 Å². The second-order valence-electron chi connectivity index (χ2n) is 7.39. The molecule has 0 saturated carbocycles. The number of primary sulfonamides is 1. The standard InChI is InChI=1S/C11H12BrClO4S.C11H14BrNO4S/c2*1-3-17-10-5-8(4-7(2)14)9(12)6-11(10)18(13,15)16/h5-6H,3-4H2,1-2H3;5-6H,3-4H2,1-2H3,(H2,13,15,16). The summed E-state index contributed by atoms with van der Waals surface area (Å²) >= 11 is 6.45. The number of hydrogen-bond donors (Lipinski definition) is 1. The van der Waals surface area contributed by atoms with Gasteiger partial charge in [-0.25, -0.2) is 22.0 Å². The van der Waals surface area contributed by atoms with Crippen molar-refractivity contribution in [2.45, 2.75) is 50.3 Å². The first kappa shape index (κ1) is 32.5. The molecule has 2 rings (SSSR count). The van der Waals surface area contributed by atoms with Crippen molar-refractivity contribution >= 4 is 73.2 Å². The van der Waals surface area contributed by atoms with Gasteiger partial charge < -0.3 is 9.47 Å². The lowest BCUT2D eigenvalue weighted by atomic mass is 10.1. The van der Waals surface area contributed by atoms with Crippen LogP contribution in [0.5, 0.6) is 11.5 Å². The molecule has 0 aliphatic rings. The smallest absolute Gasteiger partial charge is 0.265 e. The van der Waals surface area contributed by atoms with Crippen molar-refractivity contribution in [3.05, 3.63) is 44.3 Å². The second-order valence-corrected chi connectivity index (χ2v) is 13.2. The lowest BCUT2D eigenvalue weighted by molar-refractivity contribution is -0.117. The number of halogens is 3. The van der Waals surface area contributed by atoms with E-state index in [-0.39, 0.29) is 45.7 Å². The number of nitrogens with two attached hydrogens (primary N) is 1. The quantitative estimate of drug-likeness (QED) is 0.358. The van der Waals surface area contributed by atoms with E-state index >= 15 is 0 Å². The van der Waals surface area contributed by atoms with Gasteiger partial charge in [0.05, 0.1) is 13.2 Å². The van der Waals surface area contributed by atoms with Crippen LogP contribution in [0.1, 0.15) is 38.8 Å². The van der Waals surface area contributed by atoms with Crippen molar-refractivity contribution in [2.24, 2.45) is 5.14 Å². The summed E-state index contributed by atoms with van der Waals surface area (Å²) in [5, 5.41) is 5.11. The summed E-state index contributed by atoms with van der Waals surface area (Å²) in [5.74, 6) is 0.271. The Labute approximate surface area is 232 Å². The Bertz CT molecular complexity index is 1240. The number of carbonyl (C=O) groups is 2. The fourth-order valence-electron chi connectivity index (χ4n) is 2.91. The minimum Gasteiger partial charge on any atom is -0.492 e. The predicted octanol–water partition coefficient (Wildman–Crippen LogP) is 4.53. The molecule has 9 nitrogen and oxygen atoms in total. The van der Waals surface area contributed by atoms with E-state index in [1.54, 1.807) is 13.8 Å². The molecular weight excluding hydrogens is 666 g/mol. The van der Waals surface area contributed by atoms with Crippen LogP contribution in [0.25, 0.3) is 0 Å². The van der Waals surface area contributed by atoms with Gasteiger partial charge in [0.2, 0.25) is 10.0 Å². The molecule has 0 radical (unpaired) electrons. The molecule has 0 heterocycles. The van der Waals surface area contributed by atoms with E-state index < -0.39 is 19.1 Å². The number of ether oxygens (including phenoxy) is 2. The number of ketones is 2. The average Bonchev–Trinajstić information content (AvgIpc) is 2.71. The van der Waals surface area contributed by atoms with E-state index in [1.165, 1.54) is 38.1 Å². The van der Waals surface area contributed by atoms with Gasteiger partial charge in [-0.3, -0.25) is 9.59 Å². The highest BCUT2D eigenvalue weighted by Gasteiger charge is 2.20. The van der Waals surface area contributed by atoms with Crippen LogP contribution < -0.4 is 14.6 Å². The normalized spacial score (nSPS) is 11.3. The molecule has 14 heteroatoms. The summed E-state index contributed by atoms with van der Waals surface area (Å²) in [5.41, 5.74) is 1.33. The third-order valence-electron chi connectivity index (χ3n) is 4.27. The Hall–Kier alpha value is -1.51. The van der Waals surface area contributed by atoms with Crippen molar-refractivity contribution in [3.8, 4) is 11.5 Å². The molecule has 200 valence electrons. The van der Waals surface area contributed by atoms with Crippen LogP contribution in [-0.2, 0) is 41.5 Å². The first-order chi connectivity index (χ1) is 16.5. The Balaban J connectivity index is 0.000000360. The molecule has 0 saturated heterocycles. The third kappa shape index (κ3) is 10.1. The topological polar surface area (TPSA) is 147 Å². The SMILES string of the molecule is CCOc1cc(CC(C)=O)c(Br)cc1S(=O)(=O)Cl.CCOc1cc(CC(C)=O)c(Br)cc1S(N)(=O)=O. The van der Waals surface area contributed by atoms with Crippen molar-refractivity contribution < 1.29 is 35.9 Å². The monoisotopic (exact) mass is 689 g/mol. The fraction of sp³-hybridized carbons (Fsp3) is 0.364. The molecule has 0 spiro atoms. The maximum Gasteiger partial charge on any atom is 0.265 e. The summed E-state index contributed by atoms with van der Waals surface area (Å²) in [4.78, 5) is 22.0. The van der Waals surface area contributed by atoms with Gasteiger partial charge in [0.25, 0.3) is 9.05 Å². The molecule has 2 aromatic carbocycles. The van der Waals surface area contributed by atoms with Crippen molar-refractivity contribution in [1.82, 2.24) is 0 Å². The number of benzene rings is 2. The van der Waals surface area contributed by atoms with E-state index in [4.69, 9.17) is 25.3 Å². The average molecular weight is 692 g/mol. The largest absolute Gasteiger partial charge is 0.492 e. The summed E-state index contributed by atoms with van der Waals surface area (Å²) in [6.45, 7) is 7.00. The number of Topliss-reactive ketones (excluding diaryl/α,β-unsaturated/α-hetero) is 2. The molecule has 0 aromatic heterocycles. The van der Waals surface area contributed by atoms with E-state index in [0.29, 0.717) is 33.3 Å². The Morgan fingerprint density at radius 1 is 0.806 bits per heavy atom. The van der Waals surface area contributed by atoms with Gasteiger partial charge in [0.1, 0.15) is 32.9 Å². The van der Waals surface area contributed by atoms with Crippen LogP contribution in [0.2, 0.25) is 0 Å². The van der Waals surface area contributed by atoms with E-state index in [1.807, 2.05) is 0 Å². The van der Waals surface area contributed by atoms with Gasteiger partial charge in [-0.05, 0) is 63.1 Å². The summed E-state index contributed by atoms with van der Waals surface area (Å²) in [6.07, 6.45) is 0.398. The summed E-state index contributed by atoms with van der Waals surface area (Å²) in [6, 6.07) is 5.75. The summed E-state index contributed by atoms with van der Waals surface area (Å²) < 4.78 is 57.2. The molecule has 0 aliphatic carbocycles. The van der Waals surface area contributed by atoms with Crippen LogP contribution in [0, 0.1) is 0 Å². The van der Waals surface area contributed by atoms with Gasteiger partial charge >= 0.3 is 0 Å². The molecule has 0 fully saturated rings. The molecule has 0 aliphatic heterocycles. The van der Waals surface area contributed by atoms with E-state index in [0.717, 1.165) is 0 Å². The predicted molar refractivity (Wildman–Crippen MR) is 144 cm³/mol. The highest BCUT2D eigenvalue weighted by atomic mass is 79.9. The van der Waals surface area contributed by atoms with Gasteiger partial charge in [0.15, 0.2) is 0 Å². The minimum absolute atomic E-state index is 0.0264. The first-order valence-corrected chi connectivity index (χ1v) is 15.8. The fourth-order valence-corrected chi connectivity index (χ4v) is 5.84. The highest BCUT2D eigenvalue weighted by Crippen LogP contribution is 2.33. The zero-order chi connectivity index (χ0) is 27.8. The molecule has 2 aromatic rings. The first-order valence-electron chi connectivity index (χ1n) is 10.4. The van der Waals surface area contributed by atoms with Crippen LogP contribution in [0.3, 0.4) is 0 Å². The highest BCUT2D eigenvalue weighted by molar-refractivity contribution is 9.10. The van der Waals surface area contributed by atoms with Crippen LogP contribution in [0.15, 0.2) is 43.0 Å². The molecular formula is C22H26Br2ClNO8S2. The lowest BCUT2D eigenvalue weighted by Crippen LogP contribution is -2.14. The number of rotatable bonds is 10. The molecule has 0 amide bonds. The van der Waals surface area contributed by atoms with Gasteiger partial charge in [-0.2, -0.15) is 0 Å². The second kappa shape index (κ2) is 13.9. The minimum atomic E-state index is -3.89.